The molecule has 1 aliphatic rings. The van der Waals surface area contributed by atoms with Crippen LogP contribution in [0.2, 0.25) is 0 Å². The number of cyclic esters (lactones) is 1. The van der Waals surface area contributed by atoms with Gasteiger partial charge in [0.2, 0.25) is 0 Å². The Labute approximate surface area is 168 Å². The number of rotatable bonds is 7. The molecule has 0 fully saturated rings. The van der Waals surface area contributed by atoms with Crippen LogP contribution in [0.15, 0.2) is 50.1 Å². The predicted molar refractivity (Wildman–Crippen MR) is 102 cm³/mol. The molecule has 0 saturated carbocycles. The standard InChI is InChI=1S/C19H16BrNO7/c1-3-25-15-9-11(7-12(20)17(15)27-10-16(22)24-2)8-13-19(23)28-18(21-13)14-5-4-6-26-14/h4-9H,3,10H2,1-2H3/b13-8+. The van der Waals surface area contributed by atoms with E-state index in [9.17, 15) is 9.59 Å². The molecule has 0 N–H and O–H groups in total. The molecule has 2 heterocycles. The van der Waals surface area contributed by atoms with Crippen molar-refractivity contribution in [3.05, 3.63) is 52.0 Å². The first-order chi connectivity index (χ1) is 13.5. The summed E-state index contributed by atoms with van der Waals surface area (Å²) in [5.41, 5.74) is 0.737. The predicted octanol–water partition coefficient (Wildman–Crippen LogP) is 3.34. The van der Waals surface area contributed by atoms with Crippen LogP contribution in [-0.2, 0) is 19.1 Å². The lowest BCUT2D eigenvalue weighted by molar-refractivity contribution is -0.143. The number of hydrogen-bond acceptors (Lipinski definition) is 8. The Morgan fingerprint density at radius 3 is 2.82 bits per heavy atom. The van der Waals surface area contributed by atoms with Gasteiger partial charge in [-0.1, -0.05) is 0 Å². The van der Waals surface area contributed by atoms with Gasteiger partial charge in [-0.05, 0) is 58.8 Å². The van der Waals surface area contributed by atoms with Crippen molar-refractivity contribution in [2.45, 2.75) is 6.92 Å². The Balaban J connectivity index is 1.91. The summed E-state index contributed by atoms with van der Waals surface area (Å²) in [4.78, 5) is 27.6. The largest absolute Gasteiger partial charge is 0.490 e. The summed E-state index contributed by atoms with van der Waals surface area (Å²) in [6, 6.07) is 6.69. The third-order valence-corrected chi connectivity index (χ3v) is 4.14. The number of hydrogen-bond donors (Lipinski definition) is 0. The third kappa shape index (κ3) is 4.42. The zero-order valence-electron chi connectivity index (χ0n) is 15.1. The summed E-state index contributed by atoms with van der Waals surface area (Å²) in [5, 5.41) is 0. The highest BCUT2D eigenvalue weighted by Gasteiger charge is 2.26. The number of ether oxygens (including phenoxy) is 4. The van der Waals surface area contributed by atoms with Crippen molar-refractivity contribution in [2.75, 3.05) is 20.3 Å². The maximum absolute atomic E-state index is 12.1. The van der Waals surface area contributed by atoms with Crippen molar-refractivity contribution < 1.29 is 33.0 Å². The van der Waals surface area contributed by atoms with Crippen LogP contribution in [0.1, 0.15) is 18.2 Å². The van der Waals surface area contributed by atoms with Gasteiger partial charge in [0.25, 0.3) is 5.90 Å². The van der Waals surface area contributed by atoms with E-state index in [2.05, 4.69) is 25.7 Å². The van der Waals surface area contributed by atoms with Crippen LogP contribution < -0.4 is 9.47 Å². The number of methoxy groups -OCH3 is 1. The number of nitrogens with zero attached hydrogens (tertiary/aromatic N) is 1. The number of carbonyl (C=O) groups is 2. The molecule has 0 aliphatic carbocycles. The van der Waals surface area contributed by atoms with E-state index in [4.69, 9.17) is 18.6 Å². The minimum Gasteiger partial charge on any atom is -0.490 e. The molecule has 146 valence electrons. The van der Waals surface area contributed by atoms with E-state index < -0.39 is 11.9 Å². The first-order valence-electron chi connectivity index (χ1n) is 8.24. The highest BCUT2D eigenvalue weighted by molar-refractivity contribution is 9.10. The molecule has 1 aromatic carbocycles. The summed E-state index contributed by atoms with van der Waals surface area (Å²) < 4.78 is 26.5. The van der Waals surface area contributed by atoms with Gasteiger partial charge < -0.3 is 23.4 Å². The Hall–Kier alpha value is -3.07. The lowest BCUT2D eigenvalue weighted by Crippen LogP contribution is -2.13. The molecule has 28 heavy (non-hydrogen) atoms. The average Bonchev–Trinajstić information content (AvgIpc) is 3.31. The van der Waals surface area contributed by atoms with E-state index in [1.807, 2.05) is 6.92 Å². The molecule has 2 aromatic rings. The molecule has 0 spiro atoms. The van der Waals surface area contributed by atoms with Gasteiger partial charge in [0, 0.05) is 0 Å². The van der Waals surface area contributed by atoms with E-state index in [1.165, 1.54) is 13.4 Å². The molecular weight excluding hydrogens is 434 g/mol. The zero-order valence-corrected chi connectivity index (χ0v) is 16.6. The Morgan fingerprint density at radius 1 is 1.32 bits per heavy atom. The van der Waals surface area contributed by atoms with Gasteiger partial charge in [0.1, 0.15) is 0 Å². The van der Waals surface area contributed by atoms with Crippen LogP contribution in [0.25, 0.3) is 6.08 Å². The summed E-state index contributed by atoms with van der Waals surface area (Å²) in [6.45, 7) is 1.93. The Morgan fingerprint density at radius 2 is 2.14 bits per heavy atom. The summed E-state index contributed by atoms with van der Waals surface area (Å²) in [5.74, 6) is 0.0980. The number of halogens is 1. The second kappa shape index (κ2) is 8.75. The average molecular weight is 450 g/mol. The van der Waals surface area contributed by atoms with Crippen LogP contribution in [0.5, 0.6) is 11.5 Å². The number of benzene rings is 1. The summed E-state index contributed by atoms with van der Waals surface area (Å²) in [7, 11) is 1.28. The maximum atomic E-state index is 12.1. The van der Waals surface area contributed by atoms with Gasteiger partial charge in [0.15, 0.2) is 29.6 Å². The highest BCUT2D eigenvalue weighted by atomic mass is 79.9. The fourth-order valence-corrected chi connectivity index (χ4v) is 2.91. The topological polar surface area (TPSA) is 96.6 Å². The number of aliphatic imine (C=N–C) groups is 1. The third-order valence-electron chi connectivity index (χ3n) is 3.55. The van der Waals surface area contributed by atoms with Gasteiger partial charge >= 0.3 is 11.9 Å². The van der Waals surface area contributed by atoms with E-state index in [0.29, 0.717) is 33.9 Å². The fraction of sp³-hybridized carbons (Fsp3) is 0.211. The fourth-order valence-electron chi connectivity index (χ4n) is 2.34. The second-order valence-electron chi connectivity index (χ2n) is 5.44. The lowest BCUT2D eigenvalue weighted by Gasteiger charge is -2.14. The van der Waals surface area contributed by atoms with Crippen LogP contribution >= 0.6 is 15.9 Å². The molecule has 1 aliphatic heterocycles. The number of esters is 2. The molecule has 1 aromatic heterocycles. The van der Waals surface area contributed by atoms with Crippen LogP contribution in [0.3, 0.4) is 0 Å². The minimum atomic E-state index is -0.591. The molecule has 9 heteroatoms. The second-order valence-corrected chi connectivity index (χ2v) is 6.30. The van der Waals surface area contributed by atoms with Crippen LogP contribution in [0, 0.1) is 0 Å². The van der Waals surface area contributed by atoms with Crippen molar-refractivity contribution in [2.24, 2.45) is 4.99 Å². The first kappa shape index (κ1) is 19.7. The molecule has 0 unspecified atom stereocenters. The van der Waals surface area contributed by atoms with E-state index in [1.54, 1.807) is 30.3 Å². The molecule has 0 amide bonds. The SMILES string of the molecule is CCOc1cc(/C=C2/N=C(c3ccco3)OC2=O)cc(Br)c1OCC(=O)OC. The molecule has 0 radical (unpaired) electrons. The summed E-state index contributed by atoms with van der Waals surface area (Å²) in [6.07, 6.45) is 3.02. The Kier molecular flexibility index (Phi) is 6.15. The first-order valence-corrected chi connectivity index (χ1v) is 9.03. The molecule has 0 atom stereocenters. The normalized spacial score (nSPS) is 14.6. The molecule has 0 bridgehead atoms. The number of furan rings is 1. The lowest BCUT2D eigenvalue weighted by atomic mass is 10.1. The van der Waals surface area contributed by atoms with Crippen LogP contribution in [-0.4, -0.2) is 38.2 Å². The zero-order chi connectivity index (χ0) is 20.1. The van der Waals surface area contributed by atoms with E-state index in [-0.39, 0.29) is 18.2 Å². The van der Waals surface area contributed by atoms with Crippen molar-refractivity contribution in [1.29, 1.82) is 0 Å². The van der Waals surface area contributed by atoms with Gasteiger partial charge in [-0.2, -0.15) is 0 Å². The molecule has 3 rings (SSSR count). The van der Waals surface area contributed by atoms with Gasteiger partial charge in [-0.25, -0.2) is 14.6 Å². The minimum absolute atomic E-state index is 0.100. The summed E-state index contributed by atoms with van der Waals surface area (Å²) >= 11 is 3.39. The van der Waals surface area contributed by atoms with E-state index in [0.717, 1.165) is 0 Å². The van der Waals surface area contributed by atoms with Crippen molar-refractivity contribution in [3.8, 4) is 11.5 Å². The van der Waals surface area contributed by atoms with Crippen molar-refractivity contribution >= 4 is 39.8 Å². The van der Waals surface area contributed by atoms with Crippen molar-refractivity contribution in [3.63, 3.8) is 0 Å². The Bertz CT molecular complexity index is 947. The molecule has 8 nitrogen and oxygen atoms in total. The molecule has 0 saturated heterocycles. The van der Waals surface area contributed by atoms with Gasteiger partial charge in [-0.15, -0.1) is 0 Å². The van der Waals surface area contributed by atoms with Gasteiger partial charge in [-0.3, -0.25) is 0 Å². The van der Waals surface area contributed by atoms with Crippen LogP contribution in [0.4, 0.5) is 0 Å². The van der Waals surface area contributed by atoms with Crippen molar-refractivity contribution in [1.82, 2.24) is 0 Å². The quantitative estimate of drug-likeness (QED) is 0.472. The van der Waals surface area contributed by atoms with Gasteiger partial charge in [0.05, 0.1) is 24.5 Å². The molecular formula is C19H16BrNO7. The smallest absolute Gasteiger partial charge is 0.363 e. The maximum Gasteiger partial charge on any atom is 0.363 e. The monoisotopic (exact) mass is 449 g/mol. The van der Waals surface area contributed by atoms with E-state index >= 15 is 0 Å². The highest BCUT2D eigenvalue weighted by Crippen LogP contribution is 2.38. The number of carbonyl (C=O) groups excluding carboxylic acids is 2.